The van der Waals surface area contributed by atoms with Crippen LogP contribution in [0.4, 0.5) is 8.78 Å². The van der Waals surface area contributed by atoms with E-state index in [-0.39, 0.29) is 30.6 Å². The summed E-state index contributed by atoms with van der Waals surface area (Å²) in [5.41, 5.74) is 1.03. The Morgan fingerprint density at radius 2 is 2.19 bits per heavy atom. The molecule has 1 saturated carbocycles. The molecule has 0 radical (unpaired) electrons. The minimum absolute atomic E-state index is 0.0317. The molecule has 1 heterocycles. The number of pyridine rings is 1. The maximum atomic E-state index is 13.2. The van der Waals surface area contributed by atoms with Crippen molar-refractivity contribution in [2.45, 2.75) is 45.5 Å². The monoisotopic (exact) mass is 367 g/mol. The number of ether oxygens (including phenoxy) is 1. The second kappa shape index (κ2) is 8.71. The van der Waals surface area contributed by atoms with Gasteiger partial charge < -0.3 is 9.84 Å². The van der Waals surface area contributed by atoms with Crippen molar-refractivity contribution in [2.24, 2.45) is 17.8 Å². The normalized spacial score (nSPS) is 21.5. The third kappa shape index (κ3) is 5.10. The molecule has 0 unspecified atom stereocenters. The molecule has 1 aliphatic carbocycles. The van der Waals surface area contributed by atoms with Crippen molar-refractivity contribution in [3.05, 3.63) is 29.6 Å². The molecule has 0 saturated heterocycles. The third-order valence-corrected chi connectivity index (χ3v) is 5.15. The summed E-state index contributed by atoms with van der Waals surface area (Å²) in [4.78, 5) is 16.5. The molecular weight excluding hydrogens is 340 g/mol. The summed E-state index contributed by atoms with van der Waals surface area (Å²) in [7, 11) is 1.52. The van der Waals surface area contributed by atoms with E-state index in [0.717, 1.165) is 13.3 Å². The summed E-state index contributed by atoms with van der Waals surface area (Å²) in [6, 6.07) is 1.66. The van der Waals surface area contributed by atoms with Crippen molar-refractivity contribution in [2.75, 3.05) is 13.7 Å². The van der Waals surface area contributed by atoms with E-state index in [1.54, 1.807) is 6.07 Å². The summed E-state index contributed by atoms with van der Waals surface area (Å²) in [5, 5.41) is 9.26. The van der Waals surface area contributed by atoms with Crippen molar-refractivity contribution in [3.63, 3.8) is 0 Å². The molecule has 1 atom stereocenters. The molecule has 1 aromatic rings. The van der Waals surface area contributed by atoms with Gasteiger partial charge in [-0.1, -0.05) is 25.5 Å². The SMILES string of the molecule is CC[C@H](CO)CC(=O)c1cc(/C=C/C2CC(C(C)(F)F)C2)c(OC)cn1. The van der Waals surface area contributed by atoms with Crippen molar-refractivity contribution in [1.82, 2.24) is 4.98 Å². The number of allylic oxidation sites excluding steroid dienone is 1. The van der Waals surface area contributed by atoms with Crippen LogP contribution in [0.25, 0.3) is 6.08 Å². The lowest BCUT2D eigenvalue weighted by Gasteiger charge is -2.37. The topological polar surface area (TPSA) is 59.4 Å². The number of carbonyl (C=O) groups excluding carboxylic acids is 1. The fraction of sp³-hybridized carbons (Fsp3) is 0.600. The number of alkyl halides is 2. The van der Waals surface area contributed by atoms with E-state index in [0.29, 0.717) is 29.8 Å². The average molecular weight is 367 g/mol. The molecule has 1 fully saturated rings. The van der Waals surface area contributed by atoms with Crippen molar-refractivity contribution in [3.8, 4) is 5.75 Å². The van der Waals surface area contributed by atoms with Gasteiger partial charge in [0.25, 0.3) is 0 Å². The highest BCUT2D eigenvalue weighted by molar-refractivity contribution is 5.95. The summed E-state index contributed by atoms with van der Waals surface area (Å²) in [6.07, 6.45) is 7.10. The lowest BCUT2D eigenvalue weighted by molar-refractivity contribution is -0.0823. The molecule has 1 aliphatic rings. The molecule has 1 aromatic heterocycles. The van der Waals surface area contributed by atoms with Crippen LogP contribution in [0.5, 0.6) is 5.75 Å². The van der Waals surface area contributed by atoms with Crippen LogP contribution in [0.15, 0.2) is 18.3 Å². The molecular formula is C20H27F2NO3. The van der Waals surface area contributed by atoms with Gasteiger partial charge in [-0.3, -0.25) is 4.79 Å². The minimum atomic E-state index is -2.62. The summed E-state index contributed by atoms with van der Waals surface area (Å²) in [5.74, 6) is -2.74. The van der Waals surface area contributed by atoms with Crippen LogP contribution in [0, 0.1) is 17.8 Å². The maximum absolute atomic E-state index is 13.2. The fourth-order valence-electron chi connectivity index (χ4n) is 3.09. The Kier molecular flexibility index (Phi) is 6.87. The molecule has 0 bridgehead atoms. The second-order valence-electron chi connectivity index (χ2n) is 7.14. The third-order valence-electron chi connectivity index (χ3n) is 5.15. The molecule has 4 nitrogen and oxygen atoms in total. The average Bonchev–Trinajstić information content (AvgIpc) is 2.56. The summed E-state index contributed by atoms with van der Waals surface area (Å²) in [6.45, 7) is 2.86. The van der Waals surface area contributed by atoms with Crippen molar-refractivity contribution >= 4 is 11.9 Å². The van der Waals surface area contributed by atoms with E-state index < -0.39 is 11.8 Å². The number of halogens is 2. The van der Waals surface area contributed by atoms with E-state index in [1.165, 1.54) is 13.3 Å². The van der Waals surface area contributed by atoms with Gasteiger partial charge in [0.05, 0.1) is 13.3 Å². The minimum Gasteiger partial charge on any atom is -0.495 e. The van der Waals surface area contributed by atoms with Crippen LogP contribution >= 0.6 is 0 Å². The van der Waals surface area contributed by atoms with Crippen LogP contribution in [0.1, 0.15) is 55.6 Å². The number of carbonyl (C=O) groups is 1. The largest absolute Gasteiger partial charge is 0.495 e. The number of ketones is 1. The lowest BCUT2D eigenvalue weighted by Crippen LogP contribution is -2.35. The first-order chi connectivity index (χ1) is 12.3. The van der Waals surface area contributed by atoms with E-state index >= 15 is 0 Å². The van der Waals surface area contributed by atoms with Gasteiger partial charge in [-0.15, -0.1) is 0 Å². The van der Waals surface area contributed by atoms with Crippen LogP contribution in [-0.2, 0) is 0 Å². The Morgan fingerprint density at radius 3 is 2.73 bits per heavy atom. The predicted molar refractivity (Wildman–Crippen MR) is 96.5 cm³/mol. The Labute approximate surface area is 153 Å². The first-order valence-corrected chi connectivity index (χ1v) is 9.02. The smallest absolute Gasteiger partial charge is 0.248 e. The Morgan fingerprint density at radius 1 is 1.50 bits per heavy atom. The number of hydrogen-bond donors (Lipinski definition) is 1. The van der Waals surface area contributed by atoms with Crippen molar-refractivity contribution < 1.29 is 23.4 Å². The van der Waals surface area contributed by atoms with Gasteiger partial charge in [0.15, 0.2) is 5.78 Å². The first kappa shape index (κ1) is 20.5. The molecule has 6 heteroatoms. The quantitative estimate of drug-likeness (QED) is 0.658. The molecule has 26 heavy (non-hydrogen) atoms. The molecule has 0 spiro atoms. The highest BCUT2D eigenvalue weighted by Gasteiger charge is 2.42. The molecule has 0 amide bonds. The van der Waals surface area contributed by atoms with E-state index in [1.807, 2.05) is 19.1 Å². The van der Waals surface area contributed by atoms with Crippen LogP contribution in [0.2, 0.25) is 0 Å². The van der Waals surface area contributed by atoms with E-state index in [2.05, 4.69) is 4.98 Å². The number of aromatic nitrogens is 1. The van der Waals surface area contributed by atoms with Gasteiger partial charge in [-0.2, -0.15) is 0 Å². The first-order valence-electron chi connectivity index (χ1n) is 9.02. The number of methoxy groups -OCH3 is 1. The maximum Gasteiger partial charge on any atom is 0.248 e. The van der Waals surface area contributed by atoms with Crippen LogP contribution in [-0.4, -0.2) is 35.5 Å². The standard InChI is InChI=1S/C20H27F2NO3/c1-4-13(12-24)9-18(25)17-10-15(19(26-3)11-23-17)6-5-14-7-16(8-14)20(2,21)22/h5-6,10-11,13-14,16,24H,4,7-9,12H2,1-3H3/b6-5+/t13-,14?,16?/m0/s1. The van der Waals surface area contributed by atoms with Gasteiger partial charge in [0.1, 0.15) is 11.4 Å². The Balaban J connectivity index is 2.08. The van der Waals surface area contributed by atoms with Gasteiger partial charge in [0.2, 0.25) is 5.92 Å². The predicted octanol–water partition coefficient (Wildman–Crippen LogP) is 4.38. The van der Waals surface area contributed by atoms with Gasteiger partial charge in [-0.25, -0.2) is 13.8 Å². The summed E-state index contributed by atoms with van der Waals surface area (Å²) < 4.78 is 31.7. The number of Topliss-reactive ketones (excluding diaryl/α,β-unsaturated/α-hetero) is 1. The highest BCUT2D eigenvalue weighted by Crippen LogP contribution is 2.44. The molecule has 2 rings (SSSR count). The van der Waals surface area contributed by atoms with Gasteiger partial charge in [0, 0.05) is 24.5 Å². The molecule has 1 N–H and O–H groups in total. The molecule has 144 valence electrons. The number of rotatable bonds is 9. The molecule has 0 aliphatic heterocycles. The zero-order valence-electron chi connectivity index (χ0n) is 15.5. The van der Waals surface area contributed by atoms with Crippen LogP contribution < -0.4 is 4.74 Å². The molecule has 0 aromatic carbocycles. The number of hydrogen-bond acceptors (Lipinski definition) is 4. The summed E-state index contributed by atoms with van der Waals surface area (Å²) >= 11 is 0. The van der Waals surface area contributed by atoms with E-state index in [9.17, 15) is 18.7 Å². The Hall–Kier alpha value is -1.82. The number of aliphatic hydroxyl groups excluding tert-OH is 1. The Bertz CT molecular complexity index is 645. The van der Waals surface area contributed by atoms with E-state index in [4.69, 9.17) is 4.74 Å². The fourth-order valence-corrected chi connectivity index (χ4v) is 3.09. The zero-order valence-corrected chi connectivity index (χ0v) is 15.5. The zero-order chi connectivity index (χ0) is 19.3. The second-order valence-corrected chi connectivity index (χ2v) is 7.14. The lowest BCUT2D eigenvalue weighted by atomic mass is 9.72. The van der Waals surface area contributed by atoms with Crippen LogP contribution in [0.3, 0.4) is 0 Å². The van der Waals surface area contributed by atoms with Gasteiger partial charge in [-0.05, 0) is 37.7 Å². The van der Waals surface area contributed by atoms with Crippen molar-refractivity contribution in [1.29, 1.82) is 0 Å². The number of nitrogens with zero attached hydrogens (tertiary/aromatic N) is 1. The van der Waals surface area contributed by atoms with Gasteiger partial charge >= 0.3 is 0 Å². The number of aliphatic hydroxyl groups is 1. The highest BCUT2D eigenvalue weighted by atomic mass is 19.3.